The molecule has 7 heteroatoms. The van der Waals surface area contributed by atoms with Crippen molar-refractivity contribution in [3.8, 4) is 0 Å². The quantitative estimate of drug-likeness (QED) is 0.436. The number of ether oxygens (including phenoxy) is 1. The van der Waals surface area contributed by atoms with Gasteiger partial charge in [0, 0.05) is 29.9 Å². The Morgan fingerprint density at radius 2 is 1.93 bits per heavy atom. The van der Waals surface area contributed by atoms with Crippen LogP contribution >= 0.6 is 23.4 Å². The second-order valence-electron chi connectivity index (χ2n) is 5.75. The number of aliphatic imine (C=N–C) groups is 2. The summed E-state index contributed by atoms with van der Waals surface area (Å²) in [5.41, 5.74) is 1.84. The van der Waals surface area contributed by atoms with Gasteiger partial charge < -0.3 is 9.64 Å². The Bertz CT molecular complexity index is 853. The summed E-state index contributed by atoms with van der Waals surface area (Å²) in [6.45, 7) is 2.64. The van der Waals surface area contributed by atoms with Crippen molar-refractivity contribution >= 4 is 46.0 Å². The molecule has 1 aliphatic heterocycles. The molecule has 1 heterocycles. The highest BCUT2D eigenvalue weighted by Crippen LogP contribution is 2.32. The molecule has 1 unspecified atom stereocenters. The van der Waals surface area contributed by atoms with Crippen molar-refractivity contribution in [1.29, 1.82) is 0 Å². The number of anilines is 1. The van der Waals surface area contributed by atoms with E-state index in [-0.39, 0.29) is 11.2 Å². The standard InChI is InChI=1S/C20H20ClN3O2S/c1-3-26-19(25)17-13-24(16-11-9-15(21)10-12-16)20(27-17)23-18(22-2)14-7-5-4-6-8-14/h4-12,17H,3,13H2,1-2H3. The van der Waals surface area contributed by atoms with Gasteiger partial charge in [0.25, 0.3) is 0 Å². The van der Waals surface area contributed by atoms with Crippen LogP contribution in [0.1, 0.15) is 12.5 Å². The van der Waals surface area contributed by atoms with Gasteiger partial charge in [0.05, 0.1) is 6.61 Å². The Labute approximate surface area is 168 Å². The number of rotatable bonds is 4. The van der Waals surface area contributed by atoms with E-state index in [1.165, 1.54) is 11.8 Å². The number of hydrogen-bond donors (Lipinski definition) is 0. The fraction of sp³-hybridized carbons (Fsp3) is 0.250. The fourth-order valence-electron chi connectivity index (χ4n) is 2.67. The molecule has 0 aliphatic carbocycles. The maximum Gasteiger partial charge on any atom is 0.321 e. The number of nitrogens with zero attached hydrogens (tertiary/aromatic N) is 3. The maximum atomic E-state index is 12.3. The van der Waals surface area contributed by atoms with Crippen LogP contribution in [0.5, 0.6) is 0 Å². The Kier molecular flexibility index (Phi) is 6.53. The summed E-state index contributed by atoms with van der Waals surface area (Å²) in [7, 11) is 1.71. The lowest BCUT2D eigenvalue weighted by molar-refractivity contribution is -0.142. The van der Waals surface area contributed by atoms with E-state index in [0.29, 0.717) is 29.2 Å². The number of carbonyl (C=O) groups is 1. The third kappa shape index (κ3) is 4.70. The normalized spacial score (nSPS) is 18.8. The number of amidine groups is 2. The fourth-order valence-corrected chi connectivity index (χ4v) is 3.89. The van der Waals surface area contributed by atoms with Crippen LogP contribution < -0.4 is 4.90 Å². The molecule has 0 amide bonds. The maximum absolute atomic E-state index is 12.3. The second kappa shape index (κ2) is 9.06. The molecular formula is C20H20ClN3O2S. The molecule has 1 fully saturated rings. The number of carbonyl (C=O) groups excluding carboxylic acids is 1. The summed E-state index contributed by atoms with van der Waals surface area (Å²) >= 11 is 7.41. The van der Waals surface area contributed by atoms with E-state index in [4.69, 9.17) is 21.3 Å². The minimum atomic E-state index is -0.340. The topological polar surface area (TPSA) is 54.3 Å². The van der Waals surface area contributed by atoms with Crippen molar-refractivity contribution < 1.29 is 9.53 Å². The van der Waals surface area contributed by atoms with Crippen molar-refractivity contribution in [1.82, 2.24) is 0 Å². The molecule has 5 nitrogen and oxygen atoms in total. The largest absolute Gasteiger partial charge is 0.465 e. The van der Waals surface area contributed by atoms with Crippen molar-refractivity contribution in [2.45, 2.75) is 12.2 Å². The van der Waals surface area contributed by atoms with Gasteiger partial charge in [-0.2, -0.15) is 0 Å². The van der Waals surface area contributed by atoms with Crippen molar-refractivity contribution in [3.05, 3.63) is 65.2 Å². The molecular weight excluding hydrogens is 382 g/mol. The van der Waals surface area contributed by atoms with E-state index in [1.807, 2.05) is 59.5 Å². The zero-order valence-corrected chi connectivity index (χ0v) is 16.7. The first-order chi connectivity index (χ1) is 13.1. The van der Waals surface area contributed by atoms with Crippen LogP contribution in [-0.4, -0.2) is 42.4 Å². The predicted molar refractivity (Wildman–Crippen MR) is 113 cm³/mol. The van der Waals surface area contributed by atoms with Gasteiger partial charge in [-0.15, -0.1) is 0 Å². The van der Waals surface area contributed by atoms with Crippen LogP contribution in [0, 0.1) is 0 Å². The Hall–Kier alpha value is -2.31. The van der Waals surface area contributed by atoms with Crippen LogP contribution in [0.15, 0.2) is 64.6 Å². The molecule has 0 saturated carbocycles. The van der Waals surface area contributed by atoms with Gasteiger partial charge in [0.1, 0.15) is 5.25 Å². The van der Waals surface area contributed by atoms with E-state index in [9.17, 15) is 4.79 Å². The number of hydrogen-bond acceptors (Lipinski definition) is 4. The van der Waals surface area contributed by atoms with E-state index in [1.54, 1.807) is 14.0 Å². The van der Waals surface area contributed by atoms with Crippen LogP contribution in [0.25, 0.3) is 0 Å². The molecule has 2 aromatic carbocycles. The monoisotopic (exact) mass is 401 g/mol. The first-order valence-corrected chi connectivity index (χ1v) is 9.85. The summed E-state index contributed by atoms with van der Waals surface area (Å²) < 4.78 is 5.20. The number of benzene rings is 2. The van der Waals surface area contributed by atoms with Crippen LogP contribution in [0.3, 0.4) is 0 Å². The lowest BCUT2D eigenvalue weighted by Gasteiger charge is -2.18. The molecule has 0 N–H and O–H groups in total. The highest BCUT2D eigenvalue weighted by Gasteiger charge is 2.36. The molecule has 0 radical (unpaired) electrons. The summed E-state index contributed by atoms with van der Waals surface area (Å²) in [4.78, 5) is 23.3. The van der Waals surface area contributed by atoms with Gasteiger partial charge in [-0.05, 0) is 31.2 Å². The number of thioether (sulfide) groups is 1. The van der Waals surface area contributed by atoms with Gasteiger partial charge >= 0.3 is 5.97 Å². The van der Waals surface area contributed by atoms with Gasteiger partial charge in [-0.3, -0.25) is 9.79 Å². The van der Waals surface area contributed by atoms with E-state index in [2.05, 4.69) is 4.99 Å². The molecule has 140 valence electrons. The van der Waals surface area contributed by atoms with Crippen LogP contribution in [0.2, 0.25) is 5.02 Å². The van der Waals surface area contributed by atoms with Gasteiger partial charge in [-0.25, -0.2) is 4.99 Å². The predicted octanol–water partition coefficient (Wildman–Crippen LogP) is 4.26. The lowest BCUT2D eigenvalue weighted by Crippen LogP contribution is -2.29. The minimum Gasteiger partial charge on any atom is -0.465 e. The highest BCUT2D eigenvalue weighted by atomic mass is 35.5. The van der Waals surface area contributed by atoms with Crippen molar-refractivity contribution in [2.24, 2.45) is 9.98 Å². The van der Waals surface area contributed by atoms with Crippen molar-refractivity contribution in [2.75, 3.05) is 25.1 Å². The summed E-state index contributed by atoms with van der Waals surface area (Å²) in [5, 5.41) is 1.03. The third-order valence-corrected chi connectivity index (χ3v) is 5.36. The molecule has 3 rings (SSSR count). The Morgan fingerprint density at radius 3 is 2.56 bits per heavy atom. The molecule has 1 saturated heterocycles. The van der Waals surface area contributed by atoms with Gasteiger partial charge in [0.2, 0.25) is 0 Å². The molecule has 0 bridgehead atoms. The lowest BCUT2D eigenvalue weighted by atomic mass is 10.2. The molecule has 0 aromatic heterocycles. The SMILES string of the molecule is CCOC(=O)C1CN(c2ccc(Cl)cc2)C(=NC(=NC)c2ccccc2)S1. The average molecular weight is 402 g/mol. The first-order valence-electron chi connectivity index (χ1n) is 8.59. The summed E-state index contributed by atoms with van der Waals surface area (Å²) in [6, 6.07) is 17.2. The second-order valence-corrected chi connectivity index (χ2v) is 7.36. The van der Waals surface area contributed by atoms with Gasteiger partial charge in [-0.1, -0.05) is 53.7 Å². The zero-order valence-electron chi connectivity index (χ0n) is 15.1. The number of halogens is 1. The molecule has 1 atom stereocenters. The molecule has 0 spiro atoms. The molecule has 1 aliphatic rings. The Balaban J connectivity index is 1.95. The van der Waals surface area contributed by atoms with E-state index < -0.39 is 0 Å². The Morgan fingerprint density at radius 1 is 1.22 bits per heavy atom. The van der Waals surface area contributed by atoms with E-state index in [0.717, 1.165) is 11.3 Å². The third-order valence-electron chi connectivity index (χ3n) is 3.96. The molecule has 27 heavy (non-hydrogen) atoms. The van der Waals surface area contributed by atoms with Crippen LogP contribution in [-0.2, 0) is 9.53 Å². The van der Waals surface area contributed by atoms with E-state index >= 15 is 0 Å². The first kappa shape index (κ1) is 19.5. The van der Waals surface area contributed by atoms with Crippen molar-refractivity contribution in [3.63, 3.8) is 0 Å². The zero-order chi connectivity index (χ0) is 19.2. The number of esters is 1. The molecule has 2 aromatic rings. The van der Waals surface area contributed by atoms with Gasteiger partial charge in [0.15, 0.2) is 11.0 Å². The smallest absolute Gasteiger partial charge is 0.321 e. The minimum absolute atomic E-state index is 0.235. The van der Waals surface area contributed by atoms with Crippen LogP contribution in [0.4, 0.5) is 5.69 Å². The average Bonchev–Trinajstić information content (AvgIpc) is 3.11. The summed E-state index contributed by atoms with van der Waals surface area (Å²) in [5.74, 6) is 0.378. The summed E-state index contributed by atoms with van der Waals surface area (Å²) in [6.07, 6.45) is 0. The highest BCUT2D eigenvalue weighted by molar-refractivity contribution is 8.15.